The summed E-state index contributed by atoms with van der Waals surface area (Å²) in [6.45, 7) is 0. The number of hydrogen-bond donors (Lipinski definition) is 1. The Balaban J connectivity index is 1.30. The first-order valence-corrected chi connectivity index (χ1v) is 18.1. The Hall–Kier alpha value is -7.28. The zero-order valence-electron chi connectivity index (χ0n) is 29.5. The molecular weight excluding hydrogens is 655 g/mol. The van der Waals surface area contributed by atoms with Gasteiger partial charge in [0.1, 0.15) is 0 Å². The highest BCUT2D eigenvalue weighted by atomic mass is 15.1. The van der Waals surface area contributed by atoms with E-state index in [0.29, 0.717) is 5.56 Å². The van der Waals surface area contributed by atoms with Crippen molar-refractivity contribution in [2.24, 2.45) is 0 Å². The molecule has 1 atom stereocenters. The van der Waals surface area contributed by atoms with Gasteiger partial charge in [-0.25, -0.2) is 0 Å². The molecule has 3 nitrogen and oxygen atoms in total. The molecule has 9 rings (SSSR count). The monoisotopic (exact) mass is 689 g/mol. The third-order valence-corrected chi connectivity index (χ3v) is 10.7. The molecule has 0 fully saturated rings. The van der Waals surface area contributed by atoms with Gasteiger partial charge >= 0.3 is 0 Å². The first-order valence-electron chi connectivity index (χ1n) is 18.1. The fourth-order valence-corrected chi connectivity index (χ4v) is 8.20. The van der Waals surface area contributed by atoms with E-state index in [1.807, 2.05) is 36.4 Å². The molecule has 1 aliphatic carbocycles. The van der Waals surface area contributed by atoms with Crippen molar-refractivity contribution < 1.29 is 0 Å². The first kappa shape index (κ1) is 32.6. The van der Waals surface area contributed by atoms with Crippen LogP contribution in [0.3, 0.4) is 0 Å². The molecule has 254 valence electrons. The summed E-state index contributed by atoms with van der Waals surface area (Å²) in [7, 11) is 0. The lowest BCUT2D eigenvalue weighted by molar-refractivity contribution is 0.768. The van der Waals surface area contributed by atoms with Gasteiger partial charge in [-0.2, -0.15) is 5.26 Å². The summed E-state index contributed by atoms with van der Waals surface area (Å²) in [6, 6.07) is 72.8. The van der Waals surface area contributed by atoms with Crippen molar-refractivity contribution in [1.82, 2.24) is 0 Å². The summed E-state index contributed by atoms with van der Waals surface area (Å²) in [5.41, 5.74) is 15.5. The van der Waals surface area contributed by atoms with Crippen LogP contribution in [0.25, 0.3) is 33.4 Å². The minimum Gasteiger partial charge on any atom is -0.310 e. The van der Waals surface area contributed by atoms with Crippen LogP contribution < -0.4 is 4.90 Å². The zero-order valence-corrected chi connectivity index (χ0v) is 29.5. The minimum absolute atomic E-state index is 0.623. The van der Waals surface area contributed by atoms with Gasteiger partial charge in [0, 0.05) is 23.2 Å². The molecule has 8 aromatic rings. The topological polar surface area (TPSA) is 50.9 Å². The van der Waals surface area contributed by atoms with Gasteiger partial charge in [-0.15, -0.1) is 0 Å². The van der Waals surface area contributed by atoms with Crippen LogP contribution in [-0.4, -0.2) is 6.21 Å². The van der Waals surface area contributed by atoms with Crippen LogP contribution in [0, 0.1) is 16.7 Å². The van der Waals surface area contributed by atoms with E-state index in [1.165, 1.54) is 28.5 Å². The van der Waals surface area contributed by atoms with Gasteiger partial charge in [0.05, 0.1) is 22.7 Å². The van der Waals surface area contributed by atoms with E-state index in [-0.39, 0.29) is 0 Å². The number of fused-ring (bicyclic) bond motifs is 3. The number of rotatable bonds is 8. The van der Waals surface area contributed by atoms with E-state index in [1.54, 1.807) is 0 Å². The largest absolute Gasteiger partial charge is 0.310 e. The molecule has 0 radical (unpaired) electrons. The minimum atomic E-state index is -0.670. The molecule has 0 saturated heterocycles. The summed E-state index contributed by atoms with van der Waals surface area (Å²) in [4.78, 5) is 2.38. The van der Waals surface area contributed by atoms with Gasteiger partial charge in [-0.1, -0.05) is 158 Å². The molecule has 0 bridgehead atoms. The van der Waals surface area contributed by atoms with E-state index < -0.39 is 5.41 Å². The SMILES string of the molecule is N#Cc1ccc(C2(c3ccc(C=N)cc3)c3ccccc3-c3c(N(c4ccc(-c5ccccc5)cc4)c4ccc(-c5ccccc5)cc4)cccc32)cc1. The Morgan fingerprint density at radius 3 is 1.48 bits per heavy atom. The molecule has 0 aliphatic heterocycles. The Morgan fingerprint density at radius 1 is 0.463 bits per heavy atom. The lowest BCUT2D eigenvalue weighted by atomic mass is 9.67. The number of hydrogen-bond acceptors (Lipinski definition) is 3. The number of benzene rings is 8. The van der Waals surface area contributed by atoms with E-state index in [9.17, 15) is 5.26 Å². The fraction of sp³-hybridized carbons (Fsp3) is 0.0196. The van der Waals surface area contributed by atoms with Gasteiger partial charge in [-0.3, -0.25) is 0 Å². The Labute approximate surface area is 316 Å². The van der Waals surface area contributed by atoms with Crippen LogP contribution >= 0.6 is 0 Å². The van der Waals surface area contributed by atoms with Crippen LogP contribution in [0.4, 0.5) is 17.1 Å². The summed E-state index contributed by atoms with van der Waals surface area (Å²) in [6.07, 6.45) is 1.39. The molecule has 1 unspecified atom stereocenters. The standard InChI is InChI=1S/C51H35N3/c52-34-36-18-26-42(27-19-36)51(43-28-20-37(35-53)21-29-43)47-15-8-7-14-46(47)50-48(51)16-9-17-49(50)54(44-30-22-40(23-31-44)38-10-3-1-4-11-38)45-32-24-41(25-33-45)39-12-5-2-6-13-39/h1-34,52H. The van der Waals surface area contributed by atoms with Gasteiger partial charge in [0.25, 0.3) is 0 Å². The van der Waals surface area contributed by atoms with Crippen LogP contribution in [0.15, 0.2) is 200 Å². The van der Waals surface area contributed by atoms with Crippen molar-refractivity contribution in [3.63, 3.8) is 0 Å². The molecule has 1 aliphatic rings. The van der Waals surface area contributed by atoms with Crippen LogP contribution in [0.1, 0.15) is 33.4 Å². The van der Waals surface area contributed by atoms with Crippen LogP contribution in [0.2, 0.25) is 0 Å². The smallest absolute Gasteiger partial charge is 0.0991 e. The Bertz CT molecular complexity index is 2560. The van der Waals surface area contributed by atoms with E-state index in [2.05, 4.69) is 175 Å². The predicted molar refractivity (Wildman–Crippen MR) is 222 cm³/mol. The third kappa shape index (κ3) is 5.41. The Morgan fingerprint density at radius 2 is 0.944 bits per heavy atom. The lowest BCUT2D eigenvalue weighted by Gasteiger charge is -2.34. The van der Waals surface area contributed by atoms with Gasteiger partial charge in [0.2, 0.25) is 0 Å². The van der Waals surface area contributed by atoms with Crippen molar-refractivity contribution >= 4 is 23.3 Å². The zero-order chi connectivity index (χ0) is 36.5. The highest BCUT2D eigenvalue weighted by Crippen LogP contribution is 2.59. The number of nitriles is 1. The van der Waals surface area contributed by atoms with Crippen molar-refractivity contribution in [1.29, 1.82) is 10.7 Å². The first-order chi connectivity index (χ1) is 26.7. The molecule has 0 saturated carbocycles. The molecular formula is C51H35N3. The summed E-state index contributed by atoms with van der Waals surface area (Å²) in [5, 5.41) is 17.7. The van der Waals surface area contributed by atoms with Crippen molar-refractivity contribution in [3.8, 4) is 39.4 Å². The molecule has 8 aromatic carbocycles. The summed E-state index contributed by atoms with van der Waals surface area (Å²) in [5.74, 6) is 0. The molecule has 0 spiro atoms. The molecule has 3 heteroatoms. The van der Waals surface area contributed by atoms with E-state index >= 15 is 0 Å². The number of anilines is 3. The molecule has 54 heavy (non-hydrogen) atoms. The summed E-state index contributed by atoms with van der Waals surface area (Å²) < 4.78 is 0. The van der Waals surface area contributed by atoms with E-state index in [0.717, 1.165) is 56.0 Å². The maximum atomic E-state index is 9.75. The van der Waals surface area contributed by atoms with Crippen molar-refractivity contribution in [2.75, 3.05) is 4.90 Å². The number of nitrogens with zero attached hydrogens (tertiary/aromatic N) is 2. The number of nitrogens with one attached hydrogen (secondary N) is 1. The normalized spacial score (nSPS) is 14.1. The summed E-state index contributed by atoms with van der Waals surface area (Å²) >= 11 is 0. The molecule has 1 N–H and O–H groups in total. The second-order valence-electron chi connectivity index (χ2n) is 13.6. The van der Waals surface area contributed by atoms with Gasteiger partial charge < -0.3 is 10.3 Å². The van der Waals surface area contributed by atoms with Crippen molar-refractivity contribution in [3.05, 3.63) is 234 Å². The molecule has 0 aromatic heterocycles. The highest BCUT2D eigenvalue weighted by Gasteiger charge is 2.47. The third-order valence-electron chi connectivity index (χ3n) is 10.7. The van der Waals surface area contributed by atoms with Gasteiger partial charge in [0.15, 0.2) is 0 Å². The van der Waals surface area contributed by atoms with Gasteiger partial charge in [-0.05, 0) is 98.1 Å². The average molecular weight is 690 g/mol. The lowest BCUT2D eigenvalue weighted by Crippen LogP contribution is -2.28. The highest BCUT2D eigenvalue weighted by molar-refractivity contribution is 5.97. The molecule has 0 heterocycles. The van der Waals surface area contributed by atoms with Crippen LogP contribution in [-0.2, 0) is 5.41 Å². The Kier molecular flexibility index (Phi) is 8.27. The second kappa shape index (κ2) is 13.7. The average Bonchev–Trinajstić information content (AvgIpc) is 3.56. The molecule has 0 amide bonds. The van der Waals surface area contributed by atoms with E-state index in [4.69, 9.17) is 5.41 Å². The maximum Gasteiger partial charge on any atom is 0.0991 e. The fourth-order valence-electron chi connectivity index (χ4n) is 8.20. The quantitative estimate of drug-likeness (QED) is 0.161. The van der Waals surface area contributed by atoms with Crippen molar-refractivity contribution in [2.45, 2.75) is 5.41 Å². The maximum absolute atomic E-state index is 9.75. The second-order valence-corrected chi connectivity index (χ2v) is 13.6. The predicted octanol–water partition coefficient (Wildman–Crippen LogP) is 12.7. The van der Waals surface area contributed by atoms with Crippen LogP contribution in [0.5, 0.6) is 0 Å².